The first-order chi connectivity index (χ1) is 10.3. The Kier molecular flexibility index (Phi) is 3.92. The molecule has 1 saturated heterocycles. The minimum atomic E-state index is -0.0627. The van der Waals surface area contributed by atoms with Crippen LogP contribution in [0.5, 0.6) is 0 Å². The highest BCUT2D eigenvalue weighted by molar-refractivity contribution is 7.07. The van der Waals surface area contributed by atoms with Crippen molar-refractivity contribution in [3.63, 3.8) is 0 Å². The van der Waals surface area contributed by atoms with E-state index in [0.717, 1.165) is 0 Å². The zero-order valence-corrected chi connectivity index (χ0v) is 12.1. The Morgan fingerprint density at radius 3 is 2.19 bits per heavy atom. The van der Waals surface area contributed by atoms with E-state index in [2.05, 4.69) is 9.97 Å². The van der Waals surface area contributed by atoms with Crippen molar-refractivity contribution in [2.24, 2.45) is 0 Å². The molecule has 0 aliphatic carbocycles. The van der Waals surface area contributed by atoms with Gasteiger partial charge in [-0.2, -0.15) is 0 Å². The molecule has 0 saturated carbocycles. The largest absolute Gasteiger partial charge is 0.335 e. The van der Waals surface area contributed by atoms with Crippen LogP contribution in [-0.4, -0.2) is 57.8 Å². The third-order valence-electron chi connectivity index (χ3n) is 3.43. The van der Waals surface area contributed by atoms with Gasteiger partial charge in [0, 0.05) is 49.5 Å². The summed E-state index contributed by atoms with van der Waals surface area (Å²) in [5, 5.41) is 1.75. The Hall–Kier alpha value is -2.28. The number of carbonyl (C=O) groups is 2. The molecule has 0 unspecified atom stereocenters. The van der Waals surface area contributed by atoms with Crippen molar-refractivity contribution in [1.82, 2.24) is 19.8 Å². The SMILES string of the molecule is O=C(c1ccncc1)N1CCN(C(=O)c2cscn2)CC1. The molecular weight excluding hydrogens is 288 g/mol. The third kappa shape index (κ3) is 2.92. The van der Waals surface area contributed by atoms with Crippen LogP contribution in [0, 0.1) is 0 Å². The number of piperazine rings is 1. The zero-order valence-electron chi connectivity index (χ0n) is 11.3. The van der Waals surface area contributed by atoms with Crippen molar-refractivity contribution in [3.05, 3.63) is 46.7 Å². The zero-order chi connectivity index (χ0) is 14.7. The molecule has 0 aromatic carbocycles. The van der Waals surface area contributed by atoms with E-state index in [9.17, 15) is 9.59 Å². The number of amides is 2. The molecule has 0 atom stereocenters. The third-order valence-corrected chi connectivity index (χ3v) is 4.02. The summed E-state index contributed by atoms with van der Waals surface area (Å²) in [5.74, 6) is -0.0783. The van der Waals surface area contributed by atoms with Crippen molar-refractivity contribution in [2.75, 3.05) is 26.2 Å². The van der Waals surface area contributed by atoms with Crippen molar-refractivity contribution in [3.8, 4) is 0 Å². The fourth-order valence-electron chi connectivity index (χ4n) is 2.27. The average molecular weight is 302 g/mol. The molecule has 21 heavy (non-hydrogen) atoms. The van der Waals surface area contributed by atoms with Gasteiger partial charge in [0.15, 0.2) is 0 Å². The average Bonchev–Trinajstić information content (AvgIpc) is 3.09. The molecular formula is C14H14N4O2S. The molecule has 2 aromatic rings. The highest BCUT2D eigenvalue weighted by atomic mass is 32.1. The van der Waals surface area contributed by atoms with Crippen LogP contribution < -0.4 is 0 Å². The molecule has 108 valence electrons. The normalized spacial score (nSPS) is 15.0. The van der Waals surface area contributed by atoms with Gasteiger partial charge in [-0.1, -0.05) is 0 Å². The minimum absolute atomic E-state index is 0.0156. The number of hydrogen-bond donors (Lipinski definition) is 0. The summed E-state index contributed by atoms with van der Waals surface area (Å²) in [7, 11) is 0. The van der Waals surface area contributed by atoms with Crippen LogP contribution in [0.1, 0.15) is 20.8 Å². The maximum absolute atomic E-state index is 12.3. The first-order valence-electron chi connectivity index (χ1n) is 6.62. The lowest BCUT2D eigenvalue weighted by Crippen LogP contribution is -2.50. The molecule has 3 heterocycles. The Labute approximate surface area is 126 Å². The highest BCUT2D eigenvalue weighted by Gasteiger charge is 2.26. The Balaban J connectivity index is 1.60. The van der Waals surface area contributed by atoms with Crippen LogP contribution >= 0.6 is 11.3 Å². The Bertz CT molecular complexity index is 622. The minimum Gasteiger partial charge on any atom is -0.335 e. The number of rotatable bonds is 2. The van der Waals surface area contributed by atoms with Gasteiger partial charge in [0.25, 0.3) is 11.8 Å². The lowest BCUT2D eigenvalue weighted by Gasteiger charge is -2.34. The summed E-state index contributed by atoms with van der Waals surface area (Å²) >= 11 is 1.41. The summed E-state index contributed by atoms with van der Waals surface area (Å²) in [4.78, 5) is 35.9. The highest BCUT2D eigenvalue weighted by Crippen LogP contribution is 2.11. The van der Waals surface area contributed by atoms with Crippen LogP contribution in [0.4, 0.5) is 0 Å². The van der Waals surface area contributed by atoms with Gasteiger partial charge < -0.3 is 9.80 Å². The predicted molar refractivity (Wildman–Crippen MR) is 78.2 cm³/mol. The maximum Gasteiger partial charge on any atom is 0.273 e. The summed E-state index contributed by atoms with van der Waals surface area (Å²) in [6.07, 6.45) is 3.21. The molecule has 0 radical (unpaired) electrons. The fraction of sp³-hybridized carbons (Fsp3) is 0.286. The standard InChI is InChI=1S/C14H14N4O2S/c19-13(11-1-3-15-4-2-11)17-5-7-18(8-6-17)14(20)12-9-21-10-16-12/h1-4,9-10H,5-8H2. The van der Waals surface area contributed by atoms with E-state index in [1.807, 2.05) is 0 Å². The predicted octanol–water partition coefficient (Wildman–Crippen LogP) is 1.14. The number of nitrogens with zero attached hydrogens (tertiary/aromatic N) is 4. The number of hydrogen-bond acceptors (Lipinski definition) is 5. The number of carbonyl (C=O) groups excluding carboxylic acids is 2. The Morgan fingerprint density at radius 2 is 1.62 bits per heavy atom. The molecule has 0 N–H and O–H groups in total. The number of aromatic nitrogens is 2. The first kappa shape index (κ1) is 13.7. The second-order valence-corrected chi connectivity index (χ2v) is 5.41. The van der Waals surface area contributed by atoms with Gasteiger partial charge >= 0.3 is 0 Å². The van der Waals surface area contributed by atoms with E-state index in [-0.39, 0.29) is 11.8 Å². The van der Waals surface area contributed by atoms with Gasteiger partial charge in [-0.05, 0) is 12.1 Å². The van der Waals surface area contributed by atoms with E-state index in [4.69, 9.17) is 0 Å². The summed E-state index contributed by atoms with van der Waals surface area (Å²) in [5.41, 5.74) is 2.76. The fourth-order valence-corrected chi connectivity index (χ4v) is 2.80. The van der Waals surface area contributed by atoms with Crippen LogP contribution in [-0.2, 0) is 0 Å². The van der Waals surface area contributed by atoms with E-state index >= 15 is 0 Å². The van der Waals surface area contributed by atoms with Crippen molar-refractivity contribution in [2.45, 2.75) is 0 Å². The van der Waals surface area contributed by atoms with Gasteiger partial charge in [-0.3, -0.25) is 14.6 Å². The van der Waals surface area contributed by atoms with Crippen molar-refractivity contribution >= 4 is 23.2 Å². The van der Waals surface area contributed by atoms with Crippen LogP contribution in [0.3, 0.4) is 0 Å². The van der Waals surface area contributed by atoms with Gasteiger partial charge in [0.2, 0.25) is 0 Å². The maximum atomic E-state index is 12.3. The van der Waals surface area contributed by atoms with Gasteiger partial charge in [-0.25, -0.2) is 4.98 Å². The first-order valence-corrected chi connectivity index (χ1v) is 7.57. The smallest absolute Gasteiger partial charge is 0.273 e. The molecule has 7 heteroatoms. The summed E-state index contributed by atoms with van der Waals surface area (Å²) in [6, 6.07) is 3.41. The van der Waals surface area contributed by atoms with E-state index in [0.29, 0.717) is 37.4 Å². The lowest BCUT2D eigenvalue weighted by atomic mass is 10.2. The molecule has 1 fully saturated rings. The second-order valence-electron chi connectivity index (χ2n) is 4.69. The molecule has 6 nitrogen and oxygen atoms in total. The molecule has 2 aromatic heterocycles. The molecule has 0 bridgehead atoms. The van der Waals surface area contributed by atoms with E-state index < -0.39 is 0 Å². The summed E-state index contributed by atoms with van der Waals surface area (Å²) in [6.45, 7) is 2.15. The molecule has 1 aliphatic rings. The van der Waals surface area contributed by atoms with Gasteiger partial charge in [0.05, 0.1) is 5.51 Å². The van der Waals surface area contributed by atoms with Crippen LogP contribution in [0.15, 0.2) is 35.4 Å². The van der Waals surface area contributed by atoms with Gasteiger partial charge in [0.1, 0.15) is 5.69 Å². The molecule has 1 aliphatic heterocycles. The number of thiazole rings is 1. The second kappa shape index (κ2) is 6.01. The molecule has 0 spiro atoms. The van der Waals surface area contributed by atoms with Crippen molar-refractivity contribution < 1.29 is 9.59 Å². The molecule has 3 rings (SSSR count). The number of pyridine rings is 1. The topological polar surface area (TPSA) is 66.4 Å². The summed E-state index contributed by atoms with van der Waals surface area (Å²) < 4.78 is 0. The quantitative estimate of drug-likeness (QED) is 0.834. The van der Waals surface area contributed by atoms with Crippen LogP contribution in [0.2, 0.25) is 0 Å². The molecule has 2 amide bonds. The lowest BCUT2D eigenvalue weighted by molar-refractivity contribution is 0.0532. The van der Waals surface area contributed by atoms with Gasteiger partial charge in [-0.15, -0.1) is 11.3 Å². The monoisotopic (exact) mass is 302 g/mol. The van der Waals surface area contributed by atoms with Crippen molar-refractivity contribution in [1.29, 1.82) is 0 Å². The Morgan fingerprint density at radius 1 is 1.00 bits per heavy atom. The van der Waals surface area contributed by atoms with E-state index in [1.54, 1.807) is 45.2 Å². The van der Waals surface area contributed by atoms with Crippen LogP contribution in [0.25, 0.3) is 0 Å². The van der Waals surface area contributed by atoms with E-state index in [1.165, 1.54) is 11.3 Å².